The standard InChI is InChI=1S/C17H24N2O3S/c1-3-18(4-2)8-5-9-19-16(20)11-23-17(19)13-6-7-14-15(10-13)22-12-21-14/h6-7,10,17H,3-5,8-9,11-12H2,1-2H3/p+1/t17-/m0/s1. The number of nitrogens with one attached hydrogen (secondary N) is 1. The predicted octanol–water partition coefficient (Wildman–Crippen LogP) is 1.30. The highest BCUT2D eigenvalue weighted by molar-refractivity contribution is 8.00. The Morgan fingerprint density at radius 3 is 2.83 bits per heavy atom. The summed E-state index contributed by atoms with van der Waals surface area (Å²) in [6.45, 7) is 8.95. The van der Waals surface area contributed by atoms with Crippen molar-refractivity contribution in [2.75, 3.05) is 38.7 Å². The second-order valence-corrected chi connectivity index (χ2v) is 6.99. The topological polar surface area (TPSA) is 43.2 Å². The van der Waals surface area contributed by atoms with E-state index in [4.69, 9.17) is 9.47 Å². The molecule has 0 aromatic heterocycles. The maximum absolute atomic E-state index is 12.2. The van der Waals surface area contributed by atoms with Gasteiger partial charge in [0.1, 0.15) is 5.37 Å². The number of nitrogens with zero attached hydrogens (tertiary/aromatic N) is 1. The van der Waals surface area contributed by atoms with Gasteiger partial charge in [-0.15, -0.1) is 11.8 Å². The van der Waals surface area contributed by atoms with Crippen LogP contribution < -0.4 is 14.4 Å². The molecule has 1 amide bonds. The number of hydrogen-bond acceptors (Lipinski definition) is 4. The van der Waals surface area contributed by atoms with Crippen LogP contribution in [0.4, 0.5) is 0 Å². The van der Waals surface area contributed by atoms with E-state index >= 15 is 0 Å². The lowest BCUT2D eigenvalue weighted by atomic mass is 10.1. The van der Waals surface area contributed by atoms with Crippen molar-refractivity contribution in [3.8, 4) is 11.5 Å². The van der Waals surface area contributed by atoms with Gasteiger partial charge in [-0.25, -0.2) is 0 Å². The first-order valence-electron chi connectivity index (χ1n) is 8.37. The molecule has 0 bridgehead atoms. The van der Waals surface area contributed by atoms with E-state index < -0.39 is 0 Å². The molecule has 2 aliphatic rings. The Hall–Kier alpha value is -1.40. The number of carbonyl (C=O) groups is 1. The van der Waals surface area contributed by atoms with Gasteiger partial charge in [-0.1, -0.05) is 6.07 Å². The van der Waals surface area contributed by atoms with Crippen LogP contribution in [-0.2, 0) is 4.79 Å². The molecule has 6 heteroatoms. The highest BCUT2D eigenvalue weighted by atomic mass is 32.2. The van der Waals surface area contributed by atoms with Gasteiger partial charge in [0.2, 0.25) is 12.7 Å². The number of hydrogen-bond donors (Lipinski definition) is 1. The predicted molar refractivity (Wildman–Crippen MR) is 91.0 cm³/mol. The van der Waals surface area contributed by atoms with E-state index in [1.165, 1.54) is 0 Å². The number of ether oxygens (including phenoxy) is 2. The molecule has 126 valence electrons. The van der Waals surface area contributed by atoms with Crippen molar-refractivity contribution in [1.29, 1.82) is 0 Å². The minimum absolute atomic E-state index is 0.101. The third-order valence-corrected chi connectivity index (χ3v) is 5.84. The fourth-order valence-corrected chi connectivity index (χ4v) is 4.35. The average molecular weight is 337 g/mol. The highest BCUT2D eigenvalue weighted by Gasteiger charge is 2.33. The SMILES string of the molecule is CC[NH+](CC)CCCN1C(=O)CS[C@H]1c1ccc2c(c1)OCO2. The molecule has 2 heterocycles. The number of amides is 1. The summed E-state index contributed by atoms with van der Waals surface area (Å²) in [5, 5.41) is 0.101. The number of fused-ring (bicyclic) bond motifs is 1. The molecule has 1 fully saturated rings. The van der Waals surface area contributed by atoms with Gasteiger partial charge in [-0.3, -0.25) is 4.79 Å². The van der Waals surface area contributed by atoms with Crippen LogP contribution in [0.3, 0.4) is 0 Å². The summed E-state index contributed by atoms with van der Waals surface area (Å²) < 4.78 is 10.8. The fourth-order valence-electron chi connectivity index (χ4n) is 3.14. The molecule has 1 saturated heterocycles. The van der Waals surface area contributed by atoms with Gasteiger partial charge in [0.15, 0.2) is 11.5 Å². The molecule has 2 aliphatic heterocycles. The van der Waals surface area contributed by atoms with Gasteiger partial charge < -0.3 is 19.3 Å². The fraction of sp³-hybridized carbons (Fsp3) is 0.588. The van der Waals surface area contributed by atoms with E-state index in [-0.39, 0.29) is 18.1 Å². The first-order chi connectivity index (χ1) is 11.2. The van der Waals surface area contributed by atoms with Crippen LogP contribution in [0, 0.1) is 0 Å². The van der Waals surface area contributed by atoms with Crippen molar-refractivity contribution in [2.24, 2.45) is 0 Å². The molecule has 3 rings (SSSR count). The molecular formula is C17H25N2O3S+. The van der Waals surface area contributed by atoms with Crippen molar-refractivity contribution in [3.63, 3.8) is 0 Å². The van der Waals surface area contributed by atoms with Gasteiger partial charge in [0.05, 0.1) is 25.4 Å². The van der Waals surface area contributed by atoms with Crippen LogP contribution in [-0.4, -0.2) is 49.5 Å². The lowest BCUT2D eigenvalue weighted by molar-refractivity contribution is -0.896. The molecule has 1 aromatic carbocycles. The van der Waals surface area contributed by atoms with E-state index in [2.05, 4.69) is 13.8 Å². The van der Waals surface area contributed by atoms with Crippen LogP contribution >= 0.6 is 11.8 Å². The third-order valence-electron chi connectivity index (χ3n) is 4.58. The van der Waals surface area contributed by atoms with Crippen molar-refractivity contribution in [3.05, 3.63) is 23.8 Å². The second kappa shape index (κ2) is 7.45. The number of benzene rings is 1. The monoisotopic (exact) mass is 337 g/mol. The Kier molecular flexibility index (Phi) is 5.33. The van der Waals surface area contributed by atoms with E-state index in [0.29, 0.717) is 5.75 Å². The summed E-state index contributed by atoms with van der Waals surface area (Å²) in [6.07, 6.45) is 1.05. The van der Waals surface area contributed by atoms with Crippen molar-refractivity contribution in [1.82, 2.24) is 4.90 Å². The normalized spacial score (nSPS) is 19.9. The van der Waals surface area contributed by atoms with Crippen LogP contribution in [0.25, 0.3) is 0 Å². The lowest BCUT2D eigenvalue weighted by Crippen LogP contribution is -3.11. The van der Waals surface area contributed by atoms with Crippen molar-refractivity contribution >= 4 is 17.7 Å². The Bertz CT molecular complexity index is 563. The van der Waals surface area contributed by atoms with Gasteiger partial charge >= 0.3 is 0 Å². The number of quaternary nitrogens is 1. The largest absolute Gasteiger partial charge is 0.454 e. The Labute approximate surface area is 141 Å². The number of rotatable bonds is 7. The zero-order valence-electron chi connectivity index (χ0n) is 13.8. The molecule has 5 nitrogen and oxygen atoms in total. The van der Waals surface area contributed by atoms with Crippen molar-refractivity contribution < 1.29 is 19.2 Å². The molecule has 0 radical (unpaired) electrons. The summed E-state index contributed by atoms with van der Waals surface area (Å²) in [7, 11) is 0. The second-order valence-electron chi connectivity index (χ2n) is 5.92. The molecular weight excluding hydrogens is 312 g/mol. The molecule has 0 saturated carbocycles. The zero-order chi connectivity index (χ0) is 16.2. The molecule has 1 N–H and O–H groups in total. The van der Waals surface area contributed by atoms with E-state index in [1.54, 1.807) is 16.7 Å². The minimum Gasteiger partial charge on any atom is -0.454 e. The van der Waals surface area contributed by atoms with Crippen molar-refractivity contribution in [2.45, 2.75) is 25.6 Å². The molecule has 23 heavy (non-hydrogen) atoms. The van der Waals surface area contributed by atoms with Gasteiger partial charge in [-0.2, -0.15) is 0 Å². The number of carbonyl (C=O) groups excluding carboxylic acids is 1. The summed E-state index contributed by atoms with van der Waals surface area (Å²) >= 11 is 1.70. The maximum Gasteiger partial charge on any atom is 0.233 e. The molecule has 1 aromatic rings. The highest BCUT2D eigenvalue weighted by Crippen LogP contribution is 2.42. The van der Waals surface area contributed by atoms with Crippen LogP contribution in [0.2, 0.25) is 0 Å². The first kappa shape index (κ1) is 16.5. The quantitative estimate of drug-likeness (QED) is 0.815. The minimum atomic E-state index is 0.101. The lowest BCUT2D eigenvalue weighted by Gasteiger charge is -2.25. The zero-order valence-corrected chi connectivity index (χ0v) is 14.7. The Balaban J connectivity index is 1.65. The molecule has 0 spiro atoms. The summed E-state index contributed by atoms with van der Waals surface area (Å²) in [5.74, 6) is 2.39. The van der Waals surface area contributed by atoms with E-state index in [9.17, 15) is 4.79 Å². The van der Waals surface area contributed by atoms with Crippen LogP contribution in [0.5, 0.6) is 11.5 Å². The first-order valence-corrected chi connectivity index (χ1v) is 9.42. The maximum atomic E-state index is 12.2. The Morgan fingerprint density at radius 2 is 2.04 bits per heavy atom. The Morgan fingerprint density at radius 1 is 1.26 bits per heavy atom. The molecule has 0 unspecified atom stereocenters. The summed E-state index contributed by atoms with van der Waals surface area (Å²) in [6, 6.07) is 6.01. The third kappa shape index (κ3) is 3.58. The number of thioether (sulfide) groups is 1. The van der Waals surface area contributed by atoms with Gasteiger partial charge in [0, 0.05) is 13.0 Å². The van der Waals surface area contributed by atoms with Crippen LogP contribution in [0.1, 0.15) is 31.2 Å². The van der Waals surface area contributed by atoms with E-state index in [0.717, 1.165) is 49.7 Å². The van der Waals surface area contributed by atoms with Crippen LogP contribution in [0.15, 0.2) is 18.2 Å². The molecule has 0 aliphatic carbocycles. The van der Waals surface area contributed by atoms with Gasteiger partial charge in [0.25, 0.3) is 0 Å². The summed E-state index contributed by atoms with van der Waals surface area (Å²) in [5.41, 5.74) is 1.13. The van der Waals surface area contributed by atoms with E-state index in [1.807, 2.05) is 23.1 Å². The molecule has 1 atom stereocenters. The van der Waals surface area contributed by atoms with Gasteiger partial charge in [-0.05, 0) is 31.5 Å². The summed E-state index contributed by atoms with van der Waals surface area (Å²) in [4.78, 5) is 15.9. The smallest absolute Gasteiger partial charge is 0.233 e. The average Bonchev–Trinajstić information content (AvgIpc) is 3.17.